The van der Waals surface area contributed by atoms with E-state index in [1.165, 1.54) is 108 Å². The van der Waals surface area contributed by atoms with Crippen molar-refractivity contribution in [2.75, 3.05) is 0 Å². The van der Waals surface area contributed by atoms with Crippen molar-refractivity contribution in [2.24, 2.45) is 0 Å². The van der Waals surface area contributed by atoms with Gasteiger partial charge in [0.15, 0.2) is 0 Å². The van der Waals surface area contributed by atoms with Gasteiger partial charge >= 0.3 is 436 Å². The average molecular weight is 1150 g/mol. The first-order chi connectivity index (χ1) is 37.9. The fourth-order valence-corrected chi connectivity index (χ4v) is 22.4. The molecule has 0 fully saturated rings. The summed E-state index contributed by atoms with van der Waals surface area (Å²) < 4.78 is 2.44. The Kier molecular flexibility index (Phi) is 11.2. The Labute approximate surface area is 461 Å². The van der Waals surface area contributed by atoms with Gasteiger partial charge in [-0.15, -0.1) is 0 Å². The summed E-state index contributed by atoms with van der Waals surface area (Å²) in [4.78, 5) is 5.54. The minimum atomic E-state index is -2.14. The van der Waals surface area contributed by atoms with Crippen LogP contribution in [0.1, 0.15) is 0 Å². The summed E-state index contributed by atoms with van der Waals surface area (Å²) in [6.07, 6.45) is 0. The van der Waals surface area contributed by atoms with Crippen LogP contribution in [0, 0.1) is 0 Å². The molecule has 0 N–H and O–H groups in total. The number of benzene rings is 13. The van der Waals surface area contributed by atoms with E-state index in [0.717, 1.165) is 27.8 Å². The summed E-state index contributed by atoms with van der Waals surface area (Å²) in [7, 11) is 0. The number of nitrogens with zero attached hydrogens (tertiary/aromatic N) is 2. The van der Waals surface area contributed by atoms with Gasteiger partial charge in [-0.25, -0.2) is 0 Å². The van der Waals surface area contributed by atoms with Crippen molar-refractivity contribution < 1.29 is 0 Å². The third-order valence-corrected chi connectivity index (χ3v) is 29.9. The van der Waals surface area contributed by atoms with Crippen molar-refractivity contribution in [2.45, 2.75) is 0 Å². The molecule has 2 nitrogen and oxygen atoms in total. The molecule has 0 saturated carbocycles. The molecular weight excluding hydrogens is 1100 g/mol. The number of fused-ring (bicyclic) bond motifs is 13. The summed E-state index contributed by atoms with van der Waals surface area (Å²) in [6, 6.07) is 104. The summed E-state index contributed by atoms with van der Waals surface area (Å²) in [5.41, 5.74) is 4.60. The Morgan fingerprint density at radius 3 is 1.51 bits per heavy atom. The monoisotopic (exact) mass is 1150 g/mol. The van der Waals surface area contributed by atoms with Crippen LogP contribution in [0.25, 0.3) is 104 Å². The molecule has 0 spiro atoms. The van der Waals surface area contributed by atoms with Crippen LogP contribution in [0.4, 0.5) is 0 Å². The first-order valence-corrected chi connectivity index (χ1v) is 34.1. The van der Waals surface area contributed by atoms with Crippen LogP contribution in [0.5, 0.6) is 0 Å². The van der Waals surface area contributed by atoms with Crippen LogP contribution < -0.4 is 31.8 Å². The van der Waals surface area contributed by atoms with Crippen LogP contribution in [0.15, 0.2) is 279 Å². The molecule has 2 heterocycles. The predicted octanol–water partition coefficient (Wildman–Crippen LogP) is 15.5. The average Bonchev–Trinajstić information content (AvgIpc) is 4.09. The molecule has 0 aliphatic heterocycles. The van der Waals surface area contributed by atoms with E-state index in [-0.39, 0.29) is 0 Å². The molecule has 0 bridgehead atoms. The van der Waals surface area contributed by atoms with Crippen molar-refractivity contribution >= 4 is 154 Å². The molecule has 2 aromatic heterocycles. The van der Waals surface area contributed by atoms with Crippen molar-refractivity contribution in [3.63, 3.8) is 0 Å². The van der Waals surface area contributed by atoms with Gasteiger partial charge in [0, 0.05) is 0 Å². The summed E-state index contributed by atoms with van der Waals surface area (Å²) in [6.45, 7) is 0. The molecular formula is C71H46N2P2Se2. The quantitative estimate of drug-likeness (QED) is 0.0842. The van der Waals surface area contributed by atoms with Gasteiger partial charge in [-0.1, -0.05) is 24.3 Å². The third kappa shape index (κ3) is 7.48. The van der Waals surface area contributed by atoms with Crippen molar-refractivity contribution in [3.8, 4) is 22.3 Å². The first kappa shape index (κ1) is 46.6. The van der Waals surface area contributed by atoms with Gasteiger partial charge in [-0.05, 0) is 5.39 Å². The van der Waals surface area contributed by atoms with E-state index in [0.29, 0.717) is 0 Å². The molecule has 15 aromatic rings. The van der Waals surface area contributed by atoms with Crippen LogP contribution in [-0.2, 0) is 0 Å². The Morgan fingerprint density at radius 2 is 0.792 bits per heavy atom. The maximum atomic E-state index is 5.54. The SMILES string of the molecule is [Se]=P(c1ccccc1)(c1ccc2ccccc2c1)c1ccc2cc(-c3ccc4nc5c6c7ccccc7ccc6c6ccc(-c7ccc(P(=[Se])(c8ccccc8)c8ccccc8)c8ccccc78)cc6n5c4c3)ccc2c1. The minimum absolute atomic E-state index is 0.967. The molecule has 0 radical (unpaired) electrons. The number of aromatic nitrogens is 2. The molecule has 0 saturated heterocycles. The number of hydrogen-bond donors (Lipinski definition) is 0. The number of hydrogen-bond acceptors (Lipinski definition) is 1. The van der Waals surface area contributed by atoms with Gasteiger partial charge in [-0.3, -0.25) is 0 Å². The summed E-state index contributed by atoms with van der Waals surface area (Å²) in [5.74, 6) is 0. The molecule has 1 unspecified atom stereocenters. The van der Waals surface area contributed by atoms with Gasteiger partial charge in [0.25, 0.3) is 0 Å². The number of imidazole rings is 1. The Morgan fingerprint density at radius 1 is 0.299 bits per heavy atom. The molecule has 0 aliphatic rings. The normalized spacial score (nSPS) is 12.9. The molecule has 6 heteroatoms. The fourth-order valence-electron chi connectivity index (χ4n) is 12.1. The molecule has 13 aromatic carbocycles. The fraction of sp³-hybridized carbons (Fsp3) is 0. The summed E-state index contributed by atoms with van der Waals surface area (Å²) >= 11 is 7.64. The standard InChI is InChI=1S/C71H46N2P2Se2/c76-74(55-19-4-1-5-20-55,58-35-30-47-16-10-11-18-49(47)43-58)59-36-31-51-42-50(28-29-52(51)44-59)53-34-40-66-68(45-53)73-67-46-54(33-37-63(67)65-38-32-48-17-12-13-25-61(48)70(65)71(73)72-66)60-39-41-69(64-27-15-14-26-62(60)64)75(77,56-21-6-2-7-22-56)57-23-8-3-9-24-57/h1-46H. The van der Waals surface area contributed by atoms with Crippen molar-refractivity contribution in [1.82, 2.24) is 9.38 Å². The maximum absolute atomic E-state index is 5.54. The number of pyridine rings is 1. The first-order valence-electron chi connectivity index (χ1n) is 26.1. The number of rotatable bonds is 8. The van der Waals surface area contributed by atoms with E-state index in [2.05, 4.69) is 314 Å². The molecule has 0 aliphatic carbocycles. The zero-order valence-electron chi connectivity index (χ0n) is 41.7. The van der Waals surface area contributed by atoms with Crippen molar-refractivity contribution in [3.05, 3.63) is 279 Å². The van der Waals surface area contributed by atoms with Gasteiger partial charge in [0.05, 0.1) is 0 Å². The van der Waals surface area contributed by atoms with Gasteiger partial charge in [0.1, 0.15) is 0 Å². The van der Waals surface area contributed by atoms with Crippen LogP contribution in [-0.4, -0.2) is 39.6 Å². The second kappa shape index (κ2) is 18.5. The van der Waals surface area contributed by atoms with Crippen molar-refractivity contribution in [1.29, 1.82) is 0 Å². The van der Waals surface area contributed by atoms with E-state index in [9.17, 15) is 0 Å². The molecule has 0 amide bonds. The zero-order valence-corrected chi connectivity index (χ0v) is 46.9. The van der Waals surface area contributed by atoms with Crippen LogP contribution >= 0.6 is 11.0 Å². The van der Waals surface area contributed by atoms with E-state index in [1.54, 1.807) is 0 Å². The van der Waals surface area contributed by atoms with E-state index >= 15 is 0 Å². The Balaban J connectivity index is 0.901. The molecule has 77 heavy (non-hydrogen) atoms. The van der Waals surface area contributed by atoms with E-state index < -0.39 is 11.0 Å². The predicted molar refractivity (Wildman–Crippen MR) is 338 cm³/mol. The van der Waals surface area contributed by atoms with Crippen LogP contribution in [0.2, 0.25) is 0 Å². The molecule has 362 valence electrons. The van der Waals surface area contributed by atoms with E-state index in [4.69, 9.17) is 4.98 Å². The Hall–Kier alpha value is -7.73. The Bertz CT molecular complexity index is 4950. The topological polar surface area (TPSA) is 17.3 Å². The van der Waals surface area contributed by atoms with Gasteiger partial charge < -0.3 is 0 Å². The second-order valence-electron chi connectivity index (χ2n) is 20.1. The van der Waals surface area contributed by atoms with Gasteiger partial charge in [0.2, 0.25) is 0 Å². The van der Waals surface area contributed by atoms with Crippen LogP contribution in [0.3, 0.4) is 0 Å². The zero-order chi connectivity index (χ0) is 51.2. The van der Waals surface area contributed by atoms with E-state index in [1.807, 2.05) is 0 Å². The second-order valence-corrected chi connectivity index (χ2v) is 32.5. The molecule has 15 rings (SSSR count). The molecule has 1 atom stereocenters. The summed E-state index contributed by atoms with van der Waals surface area (Å²) in [5, 5.41) is 21.4. The van der Waals surface area contributed by atoms with Gasteiger partial charge in [-0.2, -0.15) is 0 Å². The third-order valence-electron chi connectivity index (χ3n) is 15.9.